The number of nitro benzene ring substituents is 1. The Balaban J connectivity index is 1.96. The van der Waals surface area contributed by atoms with Gasteiger partial charge in [0.1, 0.15) is 10.0 Å². The molecule has 3 aromatic rings. The molecule has 0 amide bonds. The normalized spacial score (nSPS) is 11.5. The molecule has 7 heteroatoms. The molecule has 5 nitrogen and oxygen atoms in total. The van der Waals surface area contributed by atoms with E-state index in [-0.39, 0.29) is 11.1 Å². The maximum Gasteiger partial charge on any atom is 0.270 e. The van der Waals surface area contributed by atoms with Crippen LogP contribution in [0.4, 0.5) is 5.69 Å². The summed E-state index contributed by atoms with van der Waals surface area (Å²) >= 11 is 7.54. The van der Waals surface area contributed by atoms with Crippen molar-refractivity contribution < 1.29 is 4.92 Å². The number of aromatic nitrogens is 2. The Morgan fingerprint density at radius 3 is 2.28 bits per heavy atom. The van der Waals surface area contributed by atoms with E-state index in [4.69, 9.17) is 11.6 Å². The molecule has 0 radical (unpaired) electrons. The molecule has 25 heavy (non-hydrogen) atoms. The van der Waals surface area contributed by atoms with Gasteiger partial charge >= 0.3 is 0 Å². The summed E-state index contributed by atoms with van der Waals surface area (Å²) in [5.74, 6) is 0. The van der Waals surface area contributed by atoms with Gasteiger partial charge in [-0.05, 0) is 17.0 Å². The first-order valence-electron chi connectivity index (χ1n) is 7.64. The van der Waals surface area contributed by atoms with Crippen LogP contribution in [-0.2, 0) is 5.41 Å². The fourth-order valence-electron chi connectivity index (χ4n) is 2.35. The summed E-state index contributed by atoms with van der Waals surface area (Å²) < 4.78 is 0. The van der Waals surface area contributed by atoms with Gasteiger partial charge in [-0.3, -0.25) is 10.1 Å². The third-order valence-corrected chi connectivity index (χ3v) is 5.15. The zero-order chi connectivity index (χ0) is 18.2. The number of nitro groups is 1. The third-order valence-electron chi connectivity index (χ3n) is 3.81. The lowest BCUT2D eigenvalue weighted by Gasteiger charge is -2.18. The molecule has 3 rings (SSSR count). The van der Waals surface area contributed by atoms with Crippen LogP contribution in [-0.4, -0.2) is 15.1 Å². The second-order valence-corrected chi connectivity index (χ2v) is 8.05. The van der Waals surface area contributed by atoms with E-state index in [1.807, 2.05) is 12.1 Å². The Morgan fingerprint density at radius 1 is 1.04 bits per heavy atom. The van der Waals surface area contributed by atoms with Gasteiger partial charge in [0, 0.05) is 23.3 Å². The monoisotopic (exact) mass is 373 g/mol. The predicted octanol–water partition coefficient (Wildman–Crippen LogP) is 5.73. The highest BCUT2D eigenvalue weighted by atomic mass is 35.5. The van der Waals surface area contributed by atoms with Crippen molar-refractivity contribution in [1.29, 1.82) is 0 Å². The Hall–Kier alpha value is -2.31. The second kappa shape index (κ2) is 6.54. The molecule has 0 saturated carbocycles. The van der Waals surface area contributed by atoms with E-state index in [1.54, 1.807) is 0 Å². The number of rotatable bonds is 3. The van der Waals surface area contributed by atoms with Crippen LogP contribution in [0.3, 0.4) is 0 Å². The first-order valence-corrected chi connectivity index (χ1v) is 8.84. The van der Waals surface area contributed by atoms with Crippen molar-refractivity contribution in [2.75, 3.05) is 0 Å². The molecule has 2 aromatic carbocycles. The molecule has 128 valence electrons. The maximum atomic E-state index is 11.0. The van der Waals surface area contributed by atoms with Crippen LogP contribution < -0.4 is 0 Å². The van der Waals surface area contributed by atoms with E-state index in [2.05, 4.69) is 43.1 Å². The molecule has 0 saturated heterocycles. The Morgan fingerprint density at radius 2 is 1.68 bits per heavy atom. The largest absolute Gasteiger partial charge is 0.270 e. The van der Waals surface area contributed by atoms with E-state index >= 15 is 0 Å². The minimum atomic E-state index is -0.451. The smallest absolute Gasteiger partial charge is 0.258 e. The molecule has 0 aliphatic rings. The van der Waals surface area contributed by atoms with Gasteiger partial charge in [0.2, 0.25) is 0 Å². The van der Waals surface area contributed by atoms with Gasteiger partial charge in [-0.1, -0.05) is 68.0 Å². The summed E-state index contributed by atoms with van der Waals surface area (Å²) in [6, 6.07) is 12.5. The Kier molecular flexibility index (Phi) is 4.58. The number of nitrogens with zero attached hydrogens (tertiary/aromatic N) is 3. The summed E-state index contributed by atoms with van der Waals surface area (Å²) in [6.45, 7) is 6.49. The van der Waals surface area contributed by atoms with Gasteiger partial charge in [-0.15, -0.1) is 10.2 Å². The number of non-ortho nitro benzene ring substituents is 1. The quantitative estimate of drug-likeness (QED) is 0.434. The SMILES string of the molecule is CC(C)(C)c1ccc(-c2nnc(-c3cc([N+](=O)[O-])ccc3Cl)s2)cc1. The molecule has 0 unspecified atom stereocenters. The maximum absolute atomic E-state index is 11.0. The number of benzene rings is 2. The summed E-state index contributed by atoms with van der Waals surface area (Å²) in [7, 11) is 0. The summed E-state index contributed by atoms with van der Waals surface area (Å²) in [6.07, 6.45) is 0. The van der Waals surface area contributed by atoms with Crippen LogP contribution in [0, 0.1) is 10.1 Å². The highest BCUT2D eigenvalue weighted by molar-refractivity contribution is 7.18. The average Bonchev–Trinajstić information content (AvgIpc) is 3.04. The van der Waals surface area contributed by atoms with Crippen molar-refractivity contribution in [3.8, 4) is 21.1 Å². The van der Waals surface area contributed by atoms with Crippen molar-refractivity contribution in [3.63, 3.8) is 0 Å². The molecule has 0 fully saturated rings. The van der Waals surface area contributed by atoms with E-state index in [9.17, 15) is 10.1 Å². The van der Waals surface area contributed by atoms with Crippen LogP contribution in [0.25, 0.3) is 21.1 Å². The minimum absolute atomic E-state index is 0.0225. The van der Waals surface area contributed by atoms with Crippen molar-refractivity contribution in [2.45, 2.75) is 26.2 Å². The van der Waals surface area contributed by atoms with E-state index in [0.717, 1.165) is 10.6 Å². The van der Waals surface area contributed by atoms with Gasteiger partial charge in [-0.25, -0.2) is 0 Å². The Labute approximate surface area is 154 Å². The third kappa shape index (κ3) is 3.70. The van der Waals surface area contributed by atoms with E-state index in [0.29, 0.717) is 15.6 Å². The molecule has 1 heterocycles. The van der Waals surface area contributed by atoms with Gasteiger partial charge in [0.25, 0.3) is 5.69 Å². The van der Waals surface area contributed by atoms with Crippen molar-refractivity contribution in [2.24, 2.45) is 0 Å². The molecule has 0 spiro atoms. The average molecular weight is 374 g/mol. The molecule has 0 aliphatic heterocycles. The zero-order valence-corrected chi connectivity index (χ0v) is 15.6. The van der Waals surface area contributed by atoms with Crippen LogP contribution in [0.15, 0.2) is 42.5 Å². The molecule has 0 aliphatic carbocycles. The fourth-order valence-corrected chi connectivity index (χ4v) is 3.49. The lowest BCUT2D eigenvalue weighted by atomic mass is 9.87. The highest BCUT2D eigenvalue weighted by Crippen LogP contribution is 2.36. The minimum Gasteiger partial charge on any atom is -0.258 e. The molecule has 0 bridgehead atoms. The lowest BCUT2D eigenvalue weighted by molar-refractivity contribution is -0.384. The highest BCUT2D eigenvalue weighted by Gasteiger charge is 2.17. The number of halogens is 1. The summed E-state index contributed by atoms with van der Waals surface area (Å²) in [4.78, 5) is 10.5. The first kappa shape index (κ1) is 17.5. The fraction of sp³-hybridized carbons (Fsp3) is 0.222. The van der Waals surface area contributed by atoms with Crippen molar-refractivity contribution in [3.05, 3.63) is 63.2 Å². The van der Waals surface area contributed by atoms with Gasteiger partial charge in [-0.2, -0.15) is 0 Å². The molecule has 0 atom stereocenters. The number of hydrogen-bond donors (Lipinski definition) is 0. The molecular formula is C18H16ClN3O2S. The molecular weight excluding hydrogens is 358 g/mol. The van der Waals surface area contributed by atoms with Gasteiger partial charge in [0.15, 0.2) is 0 Å². The van der Waals surface area contributed by atoms with Gasteiger partial charge in [0.05, 0.1) is 9.95 Å². The van der Waals surface area contributed by atoms with Crippen LogP contribution >= 0.6 is 22.9 Å². The molecule has 1 aromatic heterocycles. The Bertz CT molecular complexity index is 930. The van der Waals surface area contributed by atoms with Gasteiger partial charge < -0.3 is 0 Å². The van der Waals surface area contributed by atoms with Crippen molar-refractivity contribution >= 4 is 28.6 Å². The summed E-state index contributed by atoms with van der Waals surface area (Å²) in [5.41, 5.74) is 2.78. The van der Waals surface area contributed by atoms with Crippen LogP contribution in [0.2, 0.25) is 5.02 Å². The zero-order valence-electron chi connectivity index (χ0n) is 14.0. The summed E-state index contributed by atoms with van der Waals surface area (Å²) in [5, 5.41) is 21.1. The van der Waals surface area contributed by atoms with Crippen molar-refractivity contribution in [1.82, 2.24) is 10.2 Å². The second-order valence-electron chi connectivity index (χ2n) is 6.66. The van der Waals surface area contributed by atoms with E-state index < -0.39 is 4.92 Å². The van der Waals surface area contributed by atoms with E-state index in [1.165, 1.54) is 35.1 Å². The molecule has 0 N–H and O–H groups in total. The topological polar surface area (TPSA) is 68.9 Å². The van der Waals surface area contributed by atoms with Crippen LogP contribution in [0.5, 0.6) is 0 Å². The number of hydrogen-bond acceptors (Lipinski definition) is 5. The first-order chi connectivity index (χ1) is 11.8. The lowest BCUT2D eigenvalue weighted by Crippen LogP contribution is -2.10. The van der Waals surface area contributed by atoms with Crippen LogP contribution in [0.1, 0.15) is 26.3 Å². The standard InChI is InChI=1S/C18H16ClN3O2S/c1-18(2,3)12-6-4-11(5-7-12)16-20-21-17(25-16)14-10-13(22(23)24)8-9-15(14)19/h4-10H,1-3H3. The predicted molar refractivity (Wildman–Crippen MR) is 101 cm³/mol.